The molecule has 5 nitrogen and oxygen atoms in total. The third-order valence-corrected chi connectivity index (χ3v) is 6.53. The minimum Gasteiger partial charge on any atom is -0.497 e. The van der Waals surface area contributed by atoms with E-state index in [1.165, 1.54) is 0 Å². The predicted octanol–water partition coefficient (Wildman–Crippen LogP) is 3.86. The Hall–Kier alpha value is -2.50. The van der Waals surface area contributed by atoms with Crippen LogP contribution in [0.3, 0.4) is 0 Å². The van der Waals surface area contributed by atoms with Crippen molar-refractivity contribution in [1.29, 1.82) is 0 Å². The number of ether oxygens (including phenoxy) is 1. The largest absolute Gasteiger partial charge is 0.497 e. The summed E-state index contributed by atoms with van der Waals surface area (Å²) in [4.78, 5) is 18.8. The summed E-state index contributed by atoms with van der Waals surface area (Å²) in [6.45, 7) is 2.60. The lowest BCUT2D eigenvalue weighted by Gasteiger charge is -2.28. The first-order valence-electron chi connectivity index (χ1n) is 9.59. The molecule has 3 atom stereocenters. The number of fused-ring (bicyclic) bond motifs is 2. The second kappa shape index (κ2) is 6.83. The van der Waals surface area contributed by atoms with Gasteiger partial charge in [0, 0.05) is 36.5 Å². The van der Waals surface area contributed by atoms with Gasteiger partial charge in [-0.25, -0.2) is 0 Å². The van der Waals surface area contributed by atoms with Crippen LogP contribution in [0.25, 0.3) is 10.9 Å². The van der Waals surface area contributed by atoms with Gasteiger partial charge in [-0.1, -0.05) is 41.9 Å². The Labute approximate surface area is 168 Å². The van der Waals surface area contributed by atoms with Gasteiger partial charge in [-0.05, 0) is 29.7 Å². The normalized spacial score (nSPS) is 23.9. The maximum absolute atomic E-state index is 13.5. The van der Waals surface area contributed by atoms with Crippen molar-refractivity contribution in [2.45, 2.75) is 6.04 Å². The SMILES string of the molecule is COc1ccc([C@@H]2[C@H]3CNC[C@H]3CN2C(=O)c2[nH]c3ccccc3c2Cl)cc1. The van der Waals surface area contributed by atoms with Crippen molar-refractivity contribution in [3.05, 3.63) is 64.8 Å². The highest BCUT2D eigenvalue weighted by Gasteiger charge is 2.47. The van der Waals surface area contributed by atoms with Gasteiger partial charge in [0.2, 0.25) is 0 Å². The van der Waals surface area contributed by atoms with Gasteiger partial charge in [-0.3, -0.25) is 4.79 Å². The summed E-state index contributed by atoms with van der Waals surface area (Å²) in [5.41, 5.74) is 2.50. The number of aromatic nitrogens is 1. The Kier molecular flexibility index (Phi) is 4.29. The summed E-state index contributed by atoms with van der Waals surface area (Å²) in [5.74, 6) is 1.65. The van der Waals surface area contributed by atoms with Crippen LogP contribution in [-0.2, 0) is 0 Å². The van der Waals surface area contributed by atoms with Gasteiger partial charge in [0.25, 0.3) is 5.91 Å². The van der Waals surface area contributed by atoms with Crippen LogP contribution in [0.4, 0.5) is 0 Å². The summed E-state index contributed by atoms with van der Waals surface area (Å²) >= 11 is 6.58. The molecule has 3 aromatic rings. The Balaban J connectivity index is 1.54. The number of H-pyrrole nitrogens is 1. The summed E-state index contributed by atoms with van der Waals surface area (Å²) in [6.07, 6.45) is 0. The molecule has 1 amide bonds. The van der Waals surface area contributed by atoms with Crippen LogP contribution in [0.2, 0.25) is 5.02 Å². The molecule has 3 heterocycles. The van der Waals surface area contributed by atoms with E-state index in [0.717, 1.165) is 41.9 Å². The van der Waals surface area contributed by atoms with Crippen LogP contribution >= 0.6 is 11.6 Å². The first kappa shape index (κ1) is 17.6. The molecule has 2 saturated heterocycles. The van der Waals surface area contributed by atoms with E-state index < -0.39 is 0 Å². The number of carbonyl (C=O) groups excluding carboxylic acids is 1. The highest BCUT2D eigenvalue weighted by Crippen LogP contribution is 2.44. The van der Waals surface area contributed by atoms with Gasteiger partial charge in [-0.2, -0.15) is 0 Å². The molecule has 2 N–H and O–H groups in total. The molecule has 2 fully saturated rings. The van der Waals surface area contributed by atoms with E-state index in [-0.39, 0.29) is 11.9 Å². The number of hydrogen-bond acceptors (Lipinski definition) is 3. The Bertz CT molecular complexity index is 1030. The molecule has 0 saturated carbocycles. The molecule has 0 bridgehead atoms. The van der Waals surface area contributed by atoms with Crippen LogP contribution in [-0.4, -0.2) is 42.5 Å². The monoisotopic (exact) mass is 395 g/mol. The fourth-order valence-electron chi connectivity index (χ4n) is 4.76. The molecule has 0 spiro atoms. The number of benzene rings is 2. The highest BCUT2D eigenvalue weighted by molar-refractivity contribution is 6.38. The number of halogens is 1. The number of methoxy groups -OCH3 is 1. The van der Waals surface area contributed by atoms with Gasteiger partial charge >= 0.3 is 0 Å². The minimum atomic E-state index is -0.0311. The minimum absolute atomic E-state index is 0.0286. The van der Waals surface area contributed by atoms with E-state index >= 15 is 0 Å². The molecule has 1 aromatic heterocycles. The maximum Gasteiger partial charge on any atom is 0.272 e. The number of carbonyl (C=O) groups is 1. The third-order valence-electron chi connectivity index (χ3n) is 6.14. The van der Waals surface area contributed by atoms with E-state index in [4.69, 9.17) is 16.3 Å². The zero-order valence-corrected chi connectivity index (χ0v) is 16.4. The number of aromatic amines is 1. The molecule has 144 valence electrons. The summed E-state index contributed by atoms with van der Waals surface area (Å²) in [7, 11) is 1.66. The number of nitrogens with one attached hydrogen (secondary N) is 2. The molecular weight excluding hydrogens is 374 g/mol. The number of amides is 1. The van der Waals surface area contributed by atoms with Crippen molar-refractivity contribution < 1.29 is 9.53 Å². The van der Waals surface area contributed by atoms with Crippen molar-refractivity contribution in [3.8, 4) is 5.75 Å². The molecule has 0 radical (unpaired) electrons. The van der Waals surface area contributed by atoms with Crippen LogP contribution in [0.5, 0.6) is 5.75 Å². The first-order chi connectivity index (χ1) is 13.7. The summed E-state index contributed by atoms with van der Waals surface area (Å²) in [5, 5.41) is 4.87. The molecule has 5 rings (SSSR count). The van der Waals surface area contributed by atoms with Crippen LogP contribution in [0.1, 0.15) is 22.1 Å². The second-order valence-corrected chi connectivity index (χ2v) is 8.00. The van der Waals surface area contributed by atoms with Crippen molar-refractivity contribution in [2.24, 2.45) is 11.8 Å². The number of nitrogens with zero attached hydrogens (tertiary/aromatic N) is 1. The van der Waals surface area contributed by atoms with Crippen molar-refractivity contribution in [2.75, 3.05) is 26.7 Å². The molecule has 2 aliphatic rings. The molecular formula is C22H22ClN3O2. The number of hydrogen-bond donors (Lipinski definition) is 2. The van der Waals surface area contributed by atoms with E-state index in [2.05, 4.69) is 22.4 Å². The molecule has 0 unspecified atom stereocenters. The van der Waals surface area contributed by atoms with E-state index in [9.17, 15) is 4.79 Å². The lowest BCUT2D eigenvalue weighted by atomic mass is 9.89. The Morgan fingerprint density at radius 1 is 1.14 bits per heavy atom. The molecule has 28 heavy (non-hydrogen) atoms. The quantitative estimate of drug-likeness (QED) is 0.708. The average molecular weight is 396 g/mol. The zero-order chi connectivity index (χ0) is 19.3. The lowest BCUT2D eigenvalue weighted by Crippen LogP contribution is -2.35. The first-order valence-corrected chi connectivity index (χ1v) is 9.97. The van der Waals surface area contributed by atoms with Gasteiger partial charge < -0.3 is 19.9 Å². The van der Waals surface area contributed by atoms with Crippen molar-refractivity contribution >= 4 is 28.4 Å². The molecule has 6 heteroatoms. The summed E-state index contributed by atoms with van der Waals surface area (Å²) in [6, 6.07) is 15.8. The fourth-order valence-corrected chi connectivity index (χ4v) is 5.05. The lowest BCUT2D eigenvalue weighted by molar-refractivity contribution is 0.0709. The van der Waals surface area contributed by atoms with Crippen LogP contribution < -0.4 is 10.1 Å². The number of likely N-dealkylation sites (tertiary alicyclic amines) is 1. The van der Waals surface area contributed by atoms with Crippen LogP contribution in [0, 0.1) is 11.8 Å². The van der Waals surface area contributed by atoms with Gasteiger partial charge in [0.05, 0.1) is 18.2 Å². The van der Waals surface area contributed by atoms with E-state index in [0.29, 0.717) is 22.6 Å². The van der Waals surface area contributed by atoms with E-state index in [1.807, 2.05) is 41.3 Å². The fraction of sp³-hybridized carbons (Fsp3) is 0.318. The highest BCUT2D eigenvalue weighted by atomic mass is 35.5. The Morgan fingerprint density at radius 3 is 2.68 bits per heavy atom. The zero-order valence-electron chi connectivity index (χ0n) is 15.6. The molecule has 2 aromatic carbocycles. The standard InChI is InChI=1S/C22H22ClN3O2/c1-28-15-8-6-13(7-9-15)21-17-11-24-10-14(17)12-26(21)22(27)20-19(23)16-4-2-3-5-18(16)25-20/h2-9,14,17,21,24-25H,10-12H2,1H3/t14-,17-,21+/m0/s1. The smallest absolute Gasteiger partial charge is 0.272 e. The Morgan fingerprint density at radius 2 is 1.93 bits per heavy atom. The maximum atomic E-state index is 13.5. The van der Waals surface area contributed by atoms with Gasteiger partial charge in [-0.15, -0.1) is 0 Å². The third kappa shape index (κ3) is 2.69. The topological polar surface area (TPSA) is 57.4 Å². The van der Waals surface area contributed by atoms with E-state index in [1.54, 1.807) is 7.11 Å². The van der Waals surface area contributed by atoms with Crippen molar-refractivity contribution in [3.63, 3.8) is 0 Å². The average Bonchev–Trinajstić information content (AvgIpc) is 3.41. The predicted molar refractivity (Wildman–Crippen MR) is 110 cm³/mol. The summed E-state index contributed by atoms with van der Waals surface area (Å²) < 4.78 is 5.30. The molecule has 0 aliphatic carbocycles. The van der Waals surface area contributed by atoms with Crippen LogP contribution in [0.15, 0.2) is 48.5 Å². The molecule has 2 aliphatic heterocycles. The van der Waals surface area contributed by atoms with Gasteiger partial charge in [0.1, 0.15) is 11.4 Å². The van der Waals surface area contributed by atoms with Crippen molar-refractivity contribution in [1.82, 2.24) is 15.2 Å². The number of rotatable bonds is 3. The number of para-hydroxylation sites is 1. The second-order valence-electron chi connectivity index (χ2n) is 7.62. The van der Waals surface area contributed by atoms with Gasteiger partial charge in [0.15, 0.2) is 0 Å².